The molecule has 6 heteroatoms. The molecule has 0 spiro atoms. The van der Waals surface area contributed by atoms with E-state index in [-0.39, 0.29) is 5.56 Å². The minimum atomic E-state index is -0.974. The molecule has 3 heterocycles. The van der Waals surface area contributed by atoms with E-state index >= 15 is 0 Å². The third-order valence-corrected chi connectivity index (χ3v) is 5.40. The summed E-state index contributed by atoms with van der Waals surface area (Å²) in [6.45, 7) is 4.31. The lowest BCUT2D eigenvalue weighted by Crippen LogP contribution is -1.99. The number of nitrogens with one attached hydrogen (secondary N) is 2. The SMILES string of the molecule is CC(C)c1cccc(Nc2nc3cc(C(=O)O)ccc3c3c2[nH]c2ccncc23)c1. The van der Waals surface area contributed by atoms with E-state index in [1.165, 1.54) is 5.56 Å². The molecule has 6 nitrogen and oxygen atoms in total. The molecule has 0 aliphatic rings. The second-order valence-electron chi connectivity index (χ2n) is 7.70. The largest absolute Gasteiger partial charge is 0.478 e. The van der Waals surface area contributed by atoms with Gasteiger partial charge in [0.2, 0.25) is 0 Å². The number of rotatable bonds is 4. The van der Waals surface area contributed by atoms with Crippen LogP contribution in [-0.2, 0) is 0 Å². The molecule has 5 rings (SSSR count). The van der Waals surface area contributed by atoms with Gasteiger partial charge in [-0.05, 0) is 41.8 Å². The molecule has 0 amide bonds. The highest BCUT2D eigenvalue weighted by Gasteiger charge is 2.16. The van der Waals surface area contributed by atoms with Crippen molar-refractivity contribution in [2.24, 2.45) is 0 Å². The van der Waals surface area contributed by atoms with Crippen molar-refractivity contribution in [1.82, 2.24) is 15.0 Å². The number of pyridine rings is 2. The normalized spacial score (nSPS) is 11.6. The van der Waals surface area contributed by atoms with Gasteiger partial charge in [-0.15, -0.1) is 0 Å². The molecule has 0 aliphatic carbocycles. The van der Waals surface area contributed by atoms with Gasteiger partial charge in [0.25, 0.3) is 0 Å². The Balaban J connectivity index is 1.79. The first-order valence-corrected chi connectivity index (χ1v) is 9.80. The van der Waals surface area contributed by atoms with Crippen LogP contribution in [0.3, 0.4) is 0 Å². The maximum atomic E-state index is 11.5. The lowest BCUT2D eigenvalue weighted by atomic mass is 10.0. The fraction of sp³-hybridized carbons (Fsp3) is 0.125. The summed E-state index contributed by atoms with van der Waals surface area (Å²) in [6.07, 6.45) is 3.57. The third kappa shape index (κ3) is 2.93. The lowest BCUT2D eigenvalue weighted by molar-refractivity contribution is 0.0697. The number of benzene rings is 2. The van der Waals surface area contributed by atoms with Gasteiger partial charge in [0.05, 0.1) is 16.6 Å². The number of fused-ring (bicyclic) bond motifs is 5. The fourth-order valence-corrected chi connectivity index (χ4v) is 3.84. The number of hydrogen-bond acceptors (Lipinski definition) is 4. The van der Waals surface area contributed by atoms with Crippen molar-refractivity contribution in [3.05, 3.63) is 72.1 Å². The van der Waals surface area contributed by atoms with Gasteiger partial charge < -0.3 is 15.4 Å². The second kappa shape index (κ2) is 6.84. The van der Waals surface area contributed by atoms with Gasteiger partial charge in [0, 0.05) is 39.8 Å². The number of H-pyrrole nitrogens is 1. The van der Waals surface area contributed by atoms with E-state index in [0.29, 0.717) is 17.3 Å². The summed E-state index contributed by atoms with van der Waals surface area (Å²) in [7, 11) is 0. The third-order valence-electron chi connectivity index (χ3n) is 5.40. The lowest BCUT2D eigenvalue weighted by Gasteiger charge is -2.12. The average Bonchev–Trinajstić information content (AvgIpc) is 3.14. The van der Waals surface area contributed by atoms with Crippen molar-refractivity contribution in [1.29, 1.82) is 0 Å². The average molecular weight is 396 g/mol. The highest BCUT2D eigenvalue weighted by Crippen LogP contribution is 2.36. The van der Waals surface area contributed by atoms with Crippen molar-refractivity contribution in [3.8, 4) is 0 Å². The van der Waals surface area contributed by atoms with Gasteiger partial charge in [0.1, 0.15) is 0 Å². The zero-order valence-corrected chi connectivity index (χ0v) is 16.6. The van der Waals surface area contributed by atoms with Crippen LogP contribution in [0.15, 0.2) is 60.9 Å². The number of carboxylic acids is 1. The molecule has 148 valence electrons. The molecule has 0 bridgehead atoms. The Labute approximate surface area is 172 Å². The maximum absolute atomic E-state index is 11.5. The van der Waals surface area contributed by atoms with E-state index in [1.54, 1.807) is 18.3 Å². The predicted octanol–water partition coefficient (Wildman–Crippen LogP) is 5.83. The first kappa shape index (κ1) is 18.1. The summed E-state index contributed by atoms with van der Waals surface area (Å²) in [5, 5.41) is 15.7. The Bertz CT molecular complexity index is 1440. The van der Waals surface area contributed by atoms with Gasteiger partial charge in [-0.2, -0.15) is 0 Å². The standard InChI is InChI=1S/C24H20N4O2/c1-13(2)14-4-3-5-16(10-14)26-23-22-21(18-12-25-9-8-19(18)27-22)17-7-6-15(24(29)30)11-20(17)28-23/h3-13,27H,1-2H3,(H,26,28)(H,29,30). The Morgan fingerprint density at radius 2 is 1.97 bits per heavy atom. The molecule has 3 aromatic heterocycles. The molecule has 0 fully saturated rings. The molecule has 2 aromatic carbocycles. The minimum absolute atomic E-state index is 0.208. The number of aromatic amines is 1. The van der Waals surface area contributed by atoms with Crippen molar-refractivity contribution < 1.29 is 9.90 Å². The van der Waals surface area contributed by atoms with Crippen LogP contribution in [-0.4, -0.2) is 26.0 Å². The van der Waals surface area contributed by atoms with Crippen molar-refractivity contribution in [3.63, 3.8) is 0 Å². The minimum Gasteiger partial charge on any atom is -0.478 e. The molecule has 30 heavy (non-hydrogen) atoms. The topological polar surface area (TPSA) is 90.9 Å². The Morgan fingerprint density at radius 1 is 1.10 bits per heavy atom. The number of aromatic carboxylic acids is 1. The van der Waals surface area contributed by atoms with E-state index in [0.717, 1.165) is 32.9 Å². The number of carboxylic acid groups (broad SMARTS) is 1. The predicted molar refractivity (Wildman–Crippen MR) is 120 cm³/mol. The molecule has 0 radical (unpaired) electrons. The van der Waals surface area contributed by atoms with E-state index in [4.69, 9.17) is 4.98 Å². The van der Waals surface area contributed by atoms with Crippen LogP contribution in [0.2, 0.25) is 0 Å². The van der Waals surface area contributed by atoms with Crippen LogP contribution in [0.5, 0.6) is 0 Å². The summed E-state index contributed by atoms with van der Waals surface area (Å²) in [6, 6.07) is 15.2. The van der Waals surface area contributed by atoms with Gasteiger partial charge in [-0.25, -0.2) is 9.78 Å². The number of carbonyl (C=O) groups is 1. The first-order chi connectivity index (χ1) is 14.5. The Hall–Kier alpha value is -3.93. The Kier molecular flexibility index (Phi) is 4.13. The fourth-order valence-electron chi connectivity index (χ4n) is 3.84. The maximum Gasteiger partial charge on any atom is 0.335 e. The van der Waals surface area contributed by atoms with E-state index in [2.05, 4.69) is 41.3 Å². The van der Waals surface area contributed by atoms with Crippen molar-refractivity contribution in [2.45, 2.75) is 19.8 Å². The molecule has 0 saturated heterocycles. The quantitative estimate of drug-likeness (QED) is 0.355. The monoisotopic (exact) mass is 396 g/mol. The van der Waals surface area contributed by atoms with Gasteiger partial charge in [-0.3, -0.25) is 4.98 Å². The van der Waals surface area contributed by atoms with E-state index in [1.807, 2.05) is 30.5 Å². The summed E-state index contributed by atoms with van der Waals surface area (Å²) < 4.78 is 0. The van der Waals surface area contributed by atoms with Crippen LogP contribution < -0.4 is 5.32 Å². The van der Waals surface area contributed by atoms with Gasteiger partial charge in [0.15, 0.2) is 5.82 Å². The number of nitrogens with zero attached hydrogens (tertiary/aromatic N) is 2. The first-order valence-electron chi connectivity index (χ1n) is 9.80. The van der Waals surface area contributed by atoms with Crippen LogP contribution in [0.25, 0.3) is 32.7 Å². The molecule has 0 saturated carbocycles. The number of anilines is 2. The second-order valence-corrected chi connectivity index (χ2v) is 7.70. The summed E-state index contributed by atoms with van der Waals surface area (Å²) in [5.74, 6) is 0.0873. The molecular weight excluding hydrogens is 376 g/mol. The van der Waals surface area contributed by atoms with Crippen LogP contribution in [0.1, 0.15) is 35.7 Å². The van der Waals surface area contributed by atoms with E-state index < -0.39 is 5.97 Å². The summed E-state index contributed by atoms with van der Waals surface area (Å²) >= 11 is 0. The molecule has 5 aromatic rings. The summed E-state index contributed by atoms with van der Waals surface area (Å²) in [5.41, 5.74) is 4.81. The zero-order chi connectivity index (χ0) is 20.8. The molecule has 0 unspecified atom stereocenters. The van der Waals surface area contributed by atoms with Crippen LogP contribution in [0, 0.1) is 0 Å². The van der Waals surface area contributed by atoms with E-state index in [9.17, 15) is 9.90 Å². The molecular formula is C24H20N4O2. The van der Waals surface area contributed by atoms with Gasteiger partial charge in [-0.1, -0.05) is 32.0 Å². The smallest absolute Gasteiger partial charge is 0.335 e. The molecule has 0 atom stereocenters. The molecule has 3 N–H and O–H groups in total. The highest BCUT2D eigenvalue weighted by molar-refractivity contribution is 6.22. The summed E-state index contributed by atoms with van der Waals surface area (Å²) in [4.78, 5) is 24.0. The Morgan fingerprint density at radius 3 is 2.77 bits per heavy atom. The zero-order valence-electron chi connectivity index (χ0n) is 16.6. The van der Waals surface area contributed by atoms with Crippen LogP contribution >= 0.6 is 0 Å². The molecule has 0 aliphatic heterocycles. The highest BCUT2D eigenvalue weighted by atomic mass is 16.4. The van der Waals surface area contributed by atoms with Crippen molar-refractivity contribution >= 4 is 50.2 Å². The van der Waals surface area contributed by atoms with Crippen LogP contribution in [0.4, 0.5) is 11.5 Å². The number of aromatic nitrogens is 3. The van der Waals surface area contributed by atoms with Gasteiger partial charge >= 0.3 is 5.97 Å². The number of hydrogen-bond donors (Lipinski definition) is 3. The van der Waals surface area contributed by atoms with Crippen molar-refractivity contribution in [2.75, 3.05) is 5.32 Å².